The highest BCUT2D eigenvalue weighted by molar-refractivity contribution is 6.31. The second-order valence-electron chi connectivity index (χ2n) is 12.8. The number of anilines is 2. The summed E-state index contributed by atoms with van der Waals surface area (Å²) in [5, 5.41) is 41.9. The van der Waals surface area contributed by atoms with Gasteiger partial charge in [0.2, 0.25) is 5.91 Å². The normalized spacial score (nSPS) is 25.5. The van der Waals surface area contributed by atoms with Crippen LogP contribution in [-0.4, -0.2) is 91.9 Å². The molecule has 0 aromatic heterocycles. The standard InChI is InChI=1S/C39H30N4O10/c1-3-9-25(41-29(47)12-8-17-43-30(48)15-16-31(43)49)37(52)40-21-13-14-22-23(18-21)36(51)32-26(45)19-24-34(33(32)35(22)50)42-27-10-6-4-5-7-11-28(46)39(24)38(27,53-39)20(2)44/h4-5,13-16,18-20,25,27-28,42,44-46H,8,12,17H2,1-2H3,(H,40,52)(H,41,47)/b5-4-/t20-,25+,27+,28-,38+,39+/m1/s1. The average Bonchev–Trinajstić information content (AvgIpc) is 3.77. The van der Waals surface area contributed by atoms with Gasteiger partial charge in [-0.1, -0.05) is 29.6 Å². The van der Waals surface area contributed by atoms with Crippen molar-refractivity contribution in [1.29, 1.82) is 0 Å². The van der Waals surface area contributed by atoms with Crippen molar-refractivity contribution in [2.45, 2.75) is 62.2 Å². The number of ether oxygens (including phenoxy) is 1. The Morgan fingerprint density at radius 1 is 1.04 bits per heavy atom. The summed E-state index contributed by atoms with van der Waals surface area (Å²) in [4.78, 5) is 78.6. The van der Waals surface area contributed by atoms with E-state index in [-0.39, 0.29) is 58.6 Å². The third kappa shape index (κ3) is 5.38. The Morgan fingerprint density at radius 3 is 2.43 bits per heavy atom. The van der Waals surface area contributed by atoms with Gasteiger partial charge in [-0.25, -0.2) is 0 Å². The van der Waals surface area contributed by atoms with Gasteiger partial charge in [-0.15, -0.1) is 5.92 Å². The molecule has 5 aliphatic rings. The monoisotopic (exact) mass is 714 g/mol. The molecule has 7 rings (SSSR count). The van der Waals surface area contributed by atoms with Gasteiger partial charge in [0.25, 0.3) is 17.7 Å². The maximum atomic E-state index is 14.2. The molecule has 266 valence electrons. The zero-order valence-corrected chi connectivity index (χ0v) is 28.2. The zero-order chi connectivity index (χ0) is 37.8. The fourth-order valence-electron chi connectivity index (χ4n) is 7.33. The summed E-state index contributed by atoms with van der Waals surface area (Å²) in [5.74, 6) is 12.1. The quantitative estimate of drug-likeness (QED) is 0.0813. The summed E-state index contributed by atoms with van der Waals surface area (Å²) in [6.07, 6.45) is 2.53. The molecule has 2 aliphatic carbocycles. The summed E-state index contributed by atoms with van der Waals surface area (Å²) in [6, 6.07) is 2.93. The van der Waals surface area contributed by atoms with Crippen LogP contribution in [0.15, 0.2) is 48.6 Å². The Bertz CT molecular complexity index is 2310. The number of ketones is 2. The number of aromatic hydroxyl groups is 1. The van der Waals surface area contributed by atoms with E-state index in [4.69, 9.17) is 4.74 Å². The van der Waals surface area contributed by atoms with E-state index in [0.29, 0.717) is 0 Å². The van der Waals surface area contributed by atoms with Crippen LogP contribution in [0.5, 0.6) is 5.75 Å². The van der Waals surface area contributed by atoms with Crippen LogP contribution < -0.4 is 16.0 Å². The lowest BCUT2D eigenvalue weighted by Gasteiger charge is -2.37. The van der Waals surface area contributed by atoms with E-state index in [0.717, 1.165) is 17.1 Å². The Morgan fingerprint density at radius 2 is 1.74 bits per heavy atom. The number of epoxide rings is 1. The van der Waals surface area contributed by atoms with E-state index in [9.17, 15) is 44.1 Å². The summed E-state index contributed by atoms with van der Waals surface area (Å²) < 4.78 is 6.18. The van der Waals surface area contributed by atoms with Gasteiger partial charge < -0.3 is 36.0 Å². The van der Waals surface area contributed by atoms with Crippen molar-refractivity contribution < 1.29 is 48.8 Å². The molecule has 0 saturated carbocycles. The number of phenols is 1. The van der Waals surface area contributed by atoms with Crippen molar-refractivity contribution in [1.82, 2.24) is 10.2 Å². The van der Waals surface area contributed by atoms with E-state index in [1.807, 2.05) is 0 Å². The van der Waals surface area contributed by atoms with Crippen LogP contribution >= 0.6 is 0 Å². The molecule has 14 heteroatoms. The van der Waals surface area contributed by atoms with Crippen molar-refractivity contribution in [3.8, 4) is 41.3 Å². The predicted octanol–water partition coefficient (Wildman–Crippen LogP) is 0.396. The highest BCUT2D eigenvalue weighted by Crippen LogP contribution is 2.67. The predicted molar refractivity (Wildman–Crippen MR) is 186 cm³/mol. The minimum Gasteiger partial charge on any atom is -0.507 e. The minimum absolute atomic E-state index is 0.0219. The van der Waals surface area contributed by atoms with Crippen LogP contribution in [0.4, 0.5) is 11.4 Å². The second kappa shape index (κ2) is 12.9. The Kier molecular flexibility index (Phi) is 8.52. The molecule has 1 fully saturated rings. The highest BCUT2D eigenvalue weighted by atomic mass is 16.7. The van der Waals surface area contributed by atoms with Gasteiger partial charge >= 0.3 is 0 Å². The van der Waals surface area contributed by atoms with Gasteiger partial charge in [-0.2, -0.15) is 0 Å². The molecule has 2 bridgehead atoms. The van der Waals surface area contributed by atoms with E-state index in [1.54, 1.807) is 0 Å². The third-order valence-corrected chi connectivity index (χ3v) is 9.77. The first-order valence-corrected chi connectivity index (χ1v) is 16.6. The molecule has 53 heavy (non-hydrogen) atoms. The molecule has 3 aliphatic heterocycles. The fraction of sp³-hybridized carbons (Fsp3) is 0.282. The molecular formula is C39H30N4O10. The number of carbonyl (C=O) groups is 6. The number of allylic oxidation sites excluding steroid dienone is 2. The topological polar surface area (TPSA) is 215 Å². The molecule has 0 spiro atoms. The number of imide groups is 1. The lowest BCUT2D eigenvalue weighted by molar-refractivity contribution is -0.137. The smallest absolute Gasteiger partial charge is 0.259 e. The SMILES string of the molecule is CC#C[C@H](NC(=O)CCCN1C(=O)C=CC1=O)C(=O)Nc1ccc2c(c1)C(=O)c1c(O)cc3c(c1C2=O)N[C@H]1C#C/C=C\C#C[C@@H](O)[C@@]32O[C@@]12[C@@H](C)O. The van der Waals surface area contributed by atoms with Crippen molar-refractivity contribution in [3.05, 3.63) is 76.4 Å². The van der Waals surface area contributed by atoms with Crippen molar-refractivity contribution >= 4 is 46.6 Å². The maximum Gasteiger partial charge on any atom is 0.259 e. The number of fused-ring (bicyclic) bond motifs is 4. The number of aliphatic hydroxyl groups is 2. The molecule has 4 amide bonds. The first kappa shape index (κ1) is 34.9. The highest BCUT2D eigenvalue weighted by Gasteiger charge is 2.82. The van der Waals surface area contributed by atoms with Crippen molar-refractivity contribution in [3.63, 3.8) is 0 Å². The van der Waals surface area contributed by atoms with Crippen LogP contribution in [0.2, 0.25) is 0 Å². The maximum absolute atomic E-state index is 14.2. The molecule has 6 N–H and O–H groups in total. The van der Waals surface area contributed by atoms with Gasteiger partial charge in [-0.3, -0.25) is 33.7 Å². The van der Waals surface area contributed by atoms with Crippen LogP contribution in [0.1, 0.15) is 64.1 Å². The number of carbonyl (C=O) groups excluding carboxylic acids is 6. The molecule has 0 radical (unpaired) electrons. The van der Waals surface area contributed by atoms with Gasteiger partial charge in [0.1, 0.15) is 11.8 Å². The van der Waals surface area contributed by atoms with Crippen LogP contribution in [0.25, 0.3) is 0 Å². The third-order valence-electron chi connectivity index (χ3n) is 9.77. The number of nitrogens with zero attached hydrogens (tertiary/aromatic N) is 1. The summed E-state index contributed by atoms with van der Waals surface area (Å²) in [5.41, 5.74) is -3.58. The number of phenolic OH excluding ortho intramolecular Hbond substituents is 1. The lowest BCUT2D eigenvalue weighted by atomic mass is 9.69. The minimum atomic E-state index is -1.71. The fourth-order valence-corrected chi connectivity index (χ4v) is 7.33. The van der Waals surface area contributed by atoms with E-state index < -0.39 is 76.4 Å². The summed E-state index contributed by atoms with van der Waals surface area (Å²) >= 11 is 0. The van der Waals surface area contributed by atoms with E-state index in [1.165, 1.54) is 50.3 Å². The Labute approximate surface area is 302 Å². The molecular weight excluding hydrogens is 684 g/mol. The summed E-state index contributed by atoms with van der Waals surface area (Å²) in [6.45, 7) is 2.97. The molecule has 2 aromatic carbocycles. The number of rotatable bonds is 8. The molecule has 14 nitrogen and oxygen atoms in total. The number of nitrogens with one attached hydrogen (secondary N) is 3. The number of hydrogen-bond donors (Lipinski definition) is 6. The largest absolute Gasteiger partial charge is 0.507 e. The number of amides is 4. The molecule has 6 atom stereocenters. The van der Waals surface area contributed by atoms with Crippen LogP contribution in [0.3, 0.4) is 0 Å². The average molecular weight is 715 g/mol. The molecule has 2 aromatic rings. The first-order chi connectivity index (χ1) is 25.3. The lowest BCUT2D eigenvalue weighted by Crippen LogP contribution is -2.54. The number of benzene rings is 2. The number of aliphatic hydroxyl groups excluding tert-OH is 2. The van der Waals surface area contributed by atoms with Crippen LogP contribution in [-0.2, 0) is 29.5 Å². The number of hydrogen-bond acceptors (Lipinski definition) is 11. The van der Waals surface area contributed by atoms with Crippen LogP contribution in [0, 0.1) is 35.5 Å². The zero-order valence-electron chi connectivity index (χ0n) is 28.2. The van der Waals surface area contributed by atoms with E-state index in [2.05, 4.69) is 51.5 Å². The second-order valence-corrected chi connectivity index (χ2v) is 12.8. The van der Waals surface area contributed by atoms with Crippen molar-refractivity contribution in [2.75, 3.05) is 17.2 Å². The Balaban J connectivity index is 1.15. The van der Waals surface area contributed by atoms with Crippen molar-refractivity contribution in [2.24, 2.45) is 0 Å². The molecule has 1 saturated heterocycles. The van der Waals surface area contributed by atoms with Gasteiger partial charge in [-0.05, 0) is 56.7 Å². The Hall–Kier alpha value is -6.50. The molecule has 3 heterocycles. The van der Waals surface area contributed by atoms with Gasteiger partial charge in [0.15, 0.2) is 34.9 Å². The van der Waals surface area contributed by atoms with Gasteiger partial charge in [0, 0.05) is 47.5 Å². The van der Waals surface area contributed by atoms with E-state index >= 15 is 0 Å². The summed E-state index contributed by atoms with van der Waals surface area (Å²) in [7, 11) is 0. The van der Waals surface area contributed by atoms with Gasteiger partial charge in [0.05, 0.1) is 22.9 Å². The molecule has 0 unspecified atom stereocenters. The first-order valence-electron chi connectivity index (χ1n) is 16.6.